The molecule has 3 atom stereocenters. The summed E-state index contributed by atoms with van der Waals surface area (Å²) in [6, 6.07) is 25.4. The third-order valence-corrected chi connectivity index (χ3v) is 5.72. The minimum atomic E-state index is -1.16. The van der Waals surface area contributed by atoms with Gasteiger partial charge >= 0.3 is 12.3 Å². The minimum Gasteiger partial charge on any atom is -0.445 e. The van der Waals surface area contributed by atoms with Crippen LogP contribution in [0.4, 0.5) is 4.79 Å². The van der Waals surface area contributed by atoms with E-state index >= 15 is 0 Å². The molecule has 0 aromatic heterocycles. The molecule has 0 saturated heterocycles. The van der Waals surface area contributed by atoms with E-state index in [0.717, 1.165) is 16.7 Å². The Bertz CT molecular complexity index is 1230. The van der Waals surface area contributed by atoms with Crippen LogP contribution in [0.5, 0.6) is 0 Å². The van der Waals surface area contributed by atoms with Gasteiger partial charge in [-0.1, -0.05) is 91.0 Å². The fourth-order valence-electron chi connectivity index (χ4n) is 3.68. The molecule has 0 aliphatic heterocycles. The standard InChI is InChI=1S/C29H30N4O5/c1-21(37-19-23-13-7-3-8-14-23)27(26(34)18-31-30)33-28(35)25(17-22-11-5-2-6-12-22)32-29(36)38-20-24-15-9-4-10-16-24/h2-16,18,21,25,27H,17,19-20H2,1H3,(H,32,36)(H,33,35)/t21?,25-,27-/m0/s1. The van der Waals surface area contributed by atoms with Gasteiger partial charge in [-0.2, -0.15) is 4.79 Å². The number of ether oxygens (including phenoxy) is 2. The Morgan fingerprint density at radius 1 is 0.816 bits per heavy atom. The van der Waals surface area contributed by atoms with Crippen molar-refractivity contribution in [1.29, 1.82) is 0 Å². The molecule has 3 aromatic carbocycles. The first-order chi connectivity index (χ1) is 18.5. The molecular formula is C29H30N4O5. The molecule has 0 saturated carbocycles. The summed E-state index contributed by atoms with van der Waals surface area (Å²) in [6.45, 7) is 1.87. The SMILES string of the molecule is CC(OCc1ccccc1)[C@H](NC(=O)[C@H](Cc1ccccc1)NC(=O)OCc1ccccc1)C(=O)C=[N+]=[N-]. The maximum atomic E-state index is 13.4. The Labute approximate surface area is 221 Å². The fourth-order valence-corrected chi connectivity index (χ4v) is 3.68. The van der Waals surface area contributed by atoms with Crippen molar-refractivity contribution in [2.75, 3.05) is 0 Å². The molecule has 0 aliphatic carbocycles. The number of alkyl carbamates (subject to hydrolysis) is 1. The van der Waals surface area contributed by atoms with E-state index in [0.29, 0.717) is 6.21 Å². The number of rotatable bonds is 13. The van der Waals surface area contributed by atoms with Crippen molar-refractivity contribution < 1.29 is 28.6 Å². The summed E-state index contributed by atoms with van der Waals surface area (Å²) in [5.41, 5.74) is 11.4. The first-order valence-corrected chi connectivity index (χ1v) is 12.1. The number of carbonyl (C=O) groups is 3. The summed E-state index contributed by atoms with van der Waals surface area (Å²) in [7, 11) is 0. The fraction of sp³-hybridized carbons (Fsp3) is 0.241. The van der Waals surface area contributed by atoms with E-state index in [4.69, 9.17) is 15.0 Å². The quantitative estimate of drug-likeness (QED) is 0.205. The lowest BCUT2D eigenvalue weighted by Crippen LogP contribution is -2.56. The third kappa shape index (κ3) is 9.13. The average Bonchev–Trinajstić information content (AvgIpc) is 2.95. The molecule has 0 radical (unpaired) electrons. The predicted molar refractivity (Wildman–Crippen MR) is 141 cm³/mol. The van der Waals surface area contributed by atoms with Crippen LogP contribution in [0, 0.1) is 0 Å². The van der Waals surface area contributed by atoms with Gasteiger partial charge in [-0.15, -0.1) is 0 Å². The highest BCUT2D eigenvalue weighted by Crippen LogP contribution is 2.09. The first-order valence-electron chi connectivity index (χ1n) is 12.1. The van der Waals surface area contributed by atoms with E-state index in [9.17, 15) is 14.4 Å². The Balaban J connectivity index is 1.71. The summed E-state index contributed by atoms with van der Waals surface area (Å²) in [5, 5.41) is 5.25. The summed E-state index contributed by atoms with van der Waals surface area (Å²) in [4.78, 5) is 41.4. The van der Waals surface area contributed by atoms with Crippen molar-refractivity contribution in [1.82, 2.24) is 10.6 Å². The van der Waals surface area contributed by atoms with Gasteiger partial charge in [-0.3, -0.25) is 9.59 Å². The van der Waals surface area contributed by atoms with Crippen LogP contribution in [0.3, 0.4) is 0 Å². The number of amides is 2. The topological polar surface area (TPSA) is 130 Å². The zero-order chi connectivity index (χ0) is 27.2. The molecule has 9 nitrogen and oxygen atoms in total. The molecule has 196 valence electrons. The highest BCUT2D eigenvalue weighted by atomic mass is 16.5. The largest absolute Gasteiger partial charge is 0.445 e. The lowest BCUT2D eigenvalue weighted by molar-refractivity contribution is -0.130. The molecule has 0 fully saturated rings. The van der Waals surface area contributed by atoms with Crippen LogP contribution >= 0.6 is 0 Å². The van der Waals surface area contributed by atoms with E-state index in [1.807, 2.05) is 91.0 Å². The monoisotopic (exact) mass is 514 g/mol. The Morgan fingerprint density at radius 3 is 1.89 bits per heavy atom. The average molecular weight is 515 g/mol. The van der Waals surface area contributed by atoms with E-state index in [2.05, 4.69) is 15.4 Å². The number of ketones is 1. The van der Waals surface area contributed by atoms with Crippen molar-refractivity contribution in [2.24, 2.45) is 0 Å². The van der Waals surface area contributed by atoms with Crippen molar-refractivity contribution in [2.45, 2.75) is 44.7 Å². The van der Waals surface area contributed by atoms with Crippen molar-refractivity contribution in [3.05, 3.63) is 113 Å². The van der Waals surface area contributed by atoms with Crippen LogP contribution in [0.25, 0.3) is 5.53 Å². The van der Waals surface area contributed by atoms with Gasteiger partial charge < -0.3 is 25.6 Å². The van der Waals surface area contributed by atoms with E-state index in [1.165, 1.54) is 0 Å². The van der Waals surface area contributed by atoms with Crippen molar-refractivity contribution in [3.63, 3.8) is 0 Å². The van der Waals surface area contributed by atoms with Gasteiger partial charge in [-0.05, 0) is 23.6 Å². The maximum Gasteiger partial charge on any atom is 0.408 e. The molecule has 3 aromatic rings. The molecule has 0 heterocycles. The lowest BCUT2D eigenvalue weighted by atomic mass is 10.0. The number of Topliss-reactive ketones (excluding diaryl/α,β-unsaturated/α-hetero) is 1. The Kier molecular flexibility index (Phi) is 10.9. The van der Waals surface area contributed by atoms with Gasteiger partial charge in [0.2, 0.25) is 5.91 Å². The van der Waals surface area contributed by atoms with E-state index in [1.54, 1.807) is 6.92 Å². The predicted octanol–water partition coefficient (Wildman–Crippen LogP) is 3.48. The zero-order valence-corrected chi connectivity index (χ0v) is 21.0. The van der Waals surface area contributed by atoms with Gasteiger partial charge in [-0.25, -0.2) is 4.79 Å². The summed E-state index contributed by atoms with van der Waals surface area (Å²) in [5.74, 6) is -1.28. The third-order valence-electron chi connectivity index (χ3n) is 5.72. The van der Waals surface area contributed by atoms with E-state index < -0.39 is 36.0 Å². The number of hydrogen-bond acceptors (Lipinski definition) is 5. The molecule has 1 unspecified atom stereocenters. The lowest BCUT2D eigenvalue weighted by Gasteiger charge is -2.25. The molecule has 0 aliphatic rings. The van der Waals surface area contributed by atoms with Gasteiger partial charge in [0, 0.05) is 6.42 Å². The summed E-state index contributed by atoms with van der Waals surface area (Å²) in [6.07, 6.45) is -0.687. The highest BCUT2D eigenvalue weighted by molar-refractivity contribution is 6.28. The number of nitrogens with zero attached hydrogens (tertiary/aromatic N) is 2. The number of hydrogen-bond donors (Lipinski definition) is 2. The molecule has 2 N–H and O–H groups in total. The smallest absolute Gasteiger partial charge is 0.408 e. The van der Waals surface area contributed by atoms with Crippen molar-refractivity contribution >= 4 is 24.0 Å². The Hall–Kier alpha value is -4.59. The number of carbonyl (C=O) groups excluding carboxylic acids is 3. The second-order valence-electron chi connectivity index (χ2n) is 8.58. The maximum absolute atomic E-state index is 13.4. The summed E-state index contributed by atoms with van der Waals surface area (Å²) < 4.78 is 11.1. The molecule has 2 amide bonds. The zero-order valence-electron chi connectivity index (χ0n) is 21.0. The van der Waals surface area contributed by atoms with Gasteiger partial charge in [0.05, 0.1) is 12.7 Å². The molecule has 0 spiro atoms. The van der Waals surface area contributed by atoms with Crippen LogP contribution in [0.2, 0.25) is 0 Å². The van der Waals surface area contributed by atoms with Crippen LogP contribution in [-0.4, -0.2) is 47.0 Å². The molecule has 3 rings (SSSR count). The molecule has 0 bridgehead atoms. The van der Waals surface area contributed by atoms with Crippen LogP contribution in [0.15, 0.2) is 91.0 Å². The number of benzene rings is 3. The minimum absolute atomic E-state index is 0.0325. The summed E-state index contributed by atoms with van der Waals surface area (Å²) >= 11 is 0. The molecule has 9 heteroatoms. The second-order valence-corrected chi connectivity index (χ2v) is 8.58. The highest BCUT2D eigenvalue weighted by Gasteiger charge is 2.32. The van der Waals surface area contributed by atoms with Gasteiger partial charge in [0.25, 0.3) is 5.78 Å². The Morgan fingerprint density at radius 2 is 1.34 bits per heavy atom. The van der Waals surface area contributed by atoms with E-state index in [-0.39, 0.29) is 19.6 Å². The van der Waals surface area contributed by atoms with Crippen LogP contribution in [0.1, 0.15) is 23.6 Å². The van der Waals surface area contributed by atoms with Crippen LogP contribution in [-0.2, 0) is 38.7 Å². The van der Waals surface area contributed by atoms with Crippen LogP contribution < -0.4 is 10.6 Å². The molecule has 38 heavy (non-hydrogen) atoms. The first kappa shape index (κ1) is 28.0. The number of nitrogens with one attached hydrogen (secondary N) is 2. The second kappa shape index (κ2) is 14.8. The normalized spacial score (nSPS) is 12.8. The van der Waals surface area contributed by atoms with Gasteiger partial charge in [0.1, 0.15) is 18.7 Å². The van der Waals surface area contributed by atoms with Gasteiger partial charge in [0.15, 0.2) is 0 Å². The molecular weight excluding hydrogens is 484 g/mol. The van der Waals surface area contributed by atoms with Crippen molar-refractivity contribution in [3.8, 4) is 0 Å².